The molecule has 14 heteroatoms. The maximum absolute atomic E-state index is 16.5. The molecule has 43 heavy (non-hydrogen) atoms. The normalized spacial score (nSPS) is 22.7. The van der Waals surface area contributed by atoms with E-state index in [1.54, 1.807) is 0 Å². The summed E-state index contributed by atoms with van der Waals surface area (Å²) < 4.78 is 72.6. The van der Waals surface area contributed by atoms with Crippen LogP contribution < -0.4 is 15.4 Å². The minimum atomic E-state index is -1.09. The van der Waals surface area contributed by atoms with Gasteiger partial charge in [0.25, 0.3) is 0 Å². The number of halogens is 4. The van der Waals surface area contributed by atoms with Crippen molar-refractivity contribution in [3.05, 3.63) is 35.3 Å². The van der Waals surface area contributed by atoms with Gasteiger partial charge in [-0.05, 0) is 25.8 Å². The van der Waals surface area contributed by atoms with E-state index in [1.165, 1.54) is 6.20 Å². The molecule has 3 aromatic heterocycles. The van der Waals surface area contributed by atoms with E-state index in [1.807, 2.05) is 11.0 Å². The number of nitrogen functional groups attached to an aromatic ring is 1. The second kappa shape index (κ2) is 10.7. The smallest absolute Gasteiger partial charge is 0.319 e. The molecular formula is C29H27F4N7O2S. The van der Waals surface area contributed by atoms with Crippen molar-refractivity contribution in [3.8, 4) is 23.3 Å². The van der Waals surface area contributed by atoms with Crippen LogP contribution in [-0.4, -0.2) is 77.6 Å². The molecule has 0 radical (unpaired) electrons. The molecule has 2 atom stereocenters. The molecule has 3 aliphatic heterocycles. The third kappa shape index (κ3) is 4.61. The number of ether oxygens (including phenoxy) is 2. The number of nitrogens with two attached hydrogens (primary N) is 1. The van der Waals surface area contributed by atoms with Crippen molar-refractivity contribution in [2.75, 3.05) is 56.6 Å². The van der Waals surface area contributed by atoms with Gasteiger partial charge in [-0.2, -0.15) is 15.2 Å². The Kier molecular flexibility index (Phi) is 6.98. The number of alkyl halides is 1. The zero-order valence-corrected chi connectivity index (χ0v) is 23.8. The van der Waals surface area contributed by atoms with E-state index in [4.69, 9.17) is 15.2 Å². The van der Waals surface area contributed by atoms with Crippen LogP contribution in [0.25, 0.3) is 32.2 Å². The summed E-state index contributed by atoms with van der Waals surface area (Å²) in [6.07, 6.45) is 3.13. The van der Waals surface area contributed by atoms with Gasteiger partial charge in [0, 0.05) is 55.9 Å². The van der Waals surface area contributed by atoms with Gasteiger partial charge in [0.05, 0.1) is 27.8 Å². The zero-order chi connectivity index (χ0) is 29.9. The molecule has 1 aromatic carbocycles. The Balaban J connectivity index is 1.38. The molecule has 2 N–H and O–H groups in total. The molecule has 9 nitrogen and oxygen atoms in total. The van der Waals surface area contributed by atoms with Gasteiger partial charge < -0.3 is 20.1 Å². The number of benzene rings is 1. The second-order valence-corrected chi connectivity index (χ2v) is 12.3. The van der Waals surface area contributed by atoms with E-state index in [-0.39, 0.29) is 49.7 Å². The number of aromatic nitrogens is 3. The number of hydrogen-bond acceptors (Lipinski definition) is 10. The van der Waals surface area contributed by atoms with Crippen LogP contribution in [0, 0.1) is 28.8 Å². The number of nitriles is 1. The predicted molar refractivity (Wildman–Crippen MR) is 153 cm³/mol. The van der Waals surface area contributed by atoms with E-state index in [2.05, 4.69) is 19.9 Å². The maximum Gasteiger partial charge on any atom is 0.319 e. The summed E-state index contributed by atoms with van der Waals surface area (Å²) in [6.45, 7) is 3.30. The Morgan fingerprint density at radius 3 is 2.86 bits per heavy atom. The lowest BCUT2D eigenvalue weighted by Gasteiger charge is -2.31. The van der Waals surface area contributed by atoms with Gasteiger partial charge >= 0.3 is 6.01 Å². The number of nitrogens with zero attached hydrogens (tertiary/aromatic N) is 6. The summed E-state index contributed by atoms with van der Waals surface area (Å²) in [5.74, 6) is -2.62. The highest BCUT2D eigenvalue weighted by Crippen LogP contribution is 2.44. The summed E-state index contributed by atoms with van der Waals surface area (Å²) in [7, 11) is 0. The fourth-order valence-corrected chi connectivity index (χ4v) is 7.61. The lowest BCUT2D eigenvalue weighted by Crippen LogP contribution is -2.43. The van der Waals surface area contributed by atoms with Gasteiger partial charge in [-0.25, -0.2) is 17.6 Å². The van der Waals surface area contributed by atoms with Gasteiger partial charge in [-0.1, -0.05) is 0 Å². The van der Waals surface area contributed by atoms with Gasteiger partial charge in [0.1, 0.15) is 52.5 Å². The summed E-state index contributed by atoms with van der Waals surface area (Å²) in [5, 5.41) is 9.81. The maximum atomic E-state index is 16.5. The van der Waals surface area contributed by atoms with Gasteiger partial charge in [-0.3, -0.25) is 9.88 Å². The molecule has 7 rings (SSSR count). The topological polar surface area (TPSA) is 113 Å². The molecule has 3 aliphatic rings. The van der Waals surface area contributed by atoms with Crippen LogP contribution in [0.15, 0.2) is 12.3 Å². The predicted octanol–water partition coefficient (Wildman–Crippen LogP) is 4.96. The van der Waals surface area contributed by atoms with Gasteiger partial charge in [-0.15, -0.1) is 11.3 Å². The molecule has 0 unspecified atom stereocenters. The van der Waals surface area contributed by atoms with E-state index >= 15 is 8.78 Å². The molecule has 0 spiro atoms. The highest BCUT2D eigenvalue weighted by Gasteiger charge is 2.49. The molecule has 0 amide bonds. The molecule has 0 saturated carbocycles. The first-order valence-corrected chi connectivity index (χ1v) is 14.9. The minimum absolute atomic E-state index is 0.0177. The van der Waals surface area contributed by atoms with E-state index in [9.17, 15) is 14.0 Å². The van der Waals surface area contributed by atoms with E-state index < -0.39 is 34.9 Å². The molecule has 6 heterocycles. The highest BCUT2D eigenvalue weighted by molar-refractivity contribution is 7.23. The van der Waals surface area contributed by atoms with Crippen molar-refractivity contribution in [2.45, 2.75) is 37.4 Å². The Bertz CT molecular complexity index is 1790. The van der Waals surface area contributed by atoms with Crippen LogP contribution in [0.3, 0.4) is 0 Å². The van der Waals surface area contributed by atoms with Crippen molar-refractivity contribution in [3.63, 3.8) is 0 Å². The second-order valence-electron chi connectivity index (χ2n) is 11.2. The quantitative estimate of drug-likeness (QED) is 0.312. The molecule has 3 saturated heterocycles. The van der Waals surface area contributed by atoms with E-state index in [0.29, 0.717) is 57.6 Å². The number of anilines is 2. The third-order valence-electron chi connectivity index (χ3n) is 8.64. The largest absolute Gasteiger partial charge is 0.461 e. The third-order valence-corrected chi connectivity index (χ3v) is 9.67. The zero-order valence-electron chi connectivity index (χ0n) is 23.0. The SMILES string of the molecule is N#Cc1c(N)sc2c(F)cc(F)c(-c3ncc4c(N5CCCOCC5)nc(OC[C@@]56CCCN5C[C@H](F)C6)nc4c3F)c12. The van der Waals surface area contributed by atoms with Crippen LogP contribution >= 0.6 is 11.3 Å². The van der Waals surface area contributed by atoms with Gasteiger partial charge in [0.2, 0.25) is 0 Å². The fourth-order valence-electron chi connectivity index (χ4n) is 6.67. The Morgan fingerprint density at radius 1 is 1.16 bits per heavy atom. The average molecular weight is 614 g/mol. The van der Waals surface area contributed by atoms with Crippen molar-refractivity contribution in [1.82, 2.24) is 19.9 Å². The lowest BCUT2D eigenvalue weighted by atomic mass is 9.95. The highest BCUT2D eigenvalue weighted by atomic mass is 32.1. The number of thiophene rings is 1. The van der Waals surface area contributed by atoms with Gasteiger partial charge in [0.15, 0.2) is 5.82 Å². The van der Waals surface area contributed by atoms with Crippen molar-refractivity contribution >= 4 is 43.1 Å². The van der Waals surface area contributed by atoms with E-state index in [0.717, 1.165) is 30.7 Å². The van der Waals surface area contributed by atoms with Crippen LogP contribution in [0.1, 0.15) is 31.2 Å². The molecule has 3 fully saturated rings. The first kappa shape index (κ1) is 28.0. The van der Waals surface area contributed by atoms with Crippen LogP contribution in [0.4, 0.5) is 28.4 Å². The molecule has 4 aromatic rings. The Labute approximate surface area is 247 Å². The molecule has 224 valence electrons. The lowest BCUT2D eigenvalue weighted by molar-refractivity contribution is 0.107. The number of hydrogen-bond donors (Lipinski definition) is 1. The standard InChI is InChI=1S/C29H27F4N7O2S/c30-15-10-29(3-1-5-40(29)13-15)14-42-28-37-23-17(27(38-28)39-4-2-7-41-8-6-39)12-36-24(22(23)33)21-18(31)9-19(32)25-20(21)16(11-34)26(35)43-25/h9,12,15H,1-8,10,13-14,35H2/t15-,29+/m1/s1. The number of rotatable bonds is 5. The number of fused-ring (bicyclic) bond motifs is 3. The van der Waals surface area contributed by atoms with Crippen LogP contribution in [0.2, 0.25) is 0 Å². The Hall–Kier alpha value is -3.80. The summed E-state index contributed by atoms with van der Waals surface area (Å²) in [4.78, 5) is 17.3. The Morgan fingerprint density at radius 2 is 2.02 bits per heavy atom. The summed E-state index contributed by atoms with van der Waals surface area (Å²) in [5.41, 5.74) is 4.29. The van der Waals surface area contributed by atoms with Crippen molar-refractivity contribution < 1.29 is 27.0 Å². The minimum Gasteiger partial charge on any atom is -0.461 e. The first-order chi connectivity index (χ1) is 20.8. The van der Waals surface area contributed by atoms with Crippen molar-refractivity contribution in [1.29, 1.82) is 5.26 Å². The molecular weight excluding hydrogens is 586 g/mol. The number of pyridine rings is 1. The van der Waals surface area contributed by atoms with Crippen LogP contribution in [-0.2, 0) is 4.74 Å². The average Bonchev–Trinajstić information content (AvgIpc) is 3.53. The monoisotopic (exact) mass is 613 g/mol. The molecule has 0 aliphatic carbocycles. The fraction of sp³-hybridized carbons (Fsp3) is 0.448. The summed E-state index contributed by atoms with van der Waals surface area (Å²) in [6, 6.07) is 2.40. The summed E-state index contributed by atoms with van der Waals surface area (Å²) >= 11 is 0.777. The first-order valence-electron chi connectivity index (χ1n) is 14.1. The molecule has 0 bridgehead atoms. The van der Waals surface area contributed by atoms with Crippen LogP contribution in [0.5, 0.6) is 6.01 Å². The van der Waals surface area contributed by atoms with Crippen molar-refractivity contribution in [2.24, 2.45) is 0 Å².